The second-order valence-corrected chi connectivity index (χ2v) is 7.49. The zero-order chi connectivity index (χ0) is 22.8. The molecular formula is C23H25N5O4. The number of rotatable bonds is 5. The summed E-state index contributed by atoms with van der Waals surface area (Å²) in [5.74, 6) is 1.84. The van der Waals surface area contributed by atoms with Gasteiger partial charge in [-0.2, -0.15) is 5.10 Å². The molecule has 1 N–H and O–H groups in total. The van der Waals surface area contributed by atoms with E-state index >= 15 is 0 Å². The number of carbonyl (C=O) groups is 1. The quantitative estimate of drug-likeness (QED) is 0.654. The van der Waals surface area contributed by atoms with Crippen molar-refractivity contribution in [2.75, 3.05) is 26.3 Å². The molecule has 1 aromatic heterocycles. The van der Waals surface area contributed by atoms with Crippen molar-refractivity contribution in [1.29, 1.82) is 0 Å². The fourth-order valence-corrected chi connectivity index (χ4v) is 3.71. The number of hydrogen-bond donors (Lipinski definition) is 1. The molecule has 9 nitrogen and oxygen atoms in total. The van der Waals surface area contributed by atoms with Crippen molar-refractivity contribution in [2.24, 2.45) is 11.0 Å². The van der Waals surface area contributed by atoms with E-state index in [9.17, 15) is 4.79 Å². The third kappa shape index (κ3) is 3.89. The van der Waals surface area contributed by atoms with Crippen LogP contribution in [0, 0.1) is 12.8 Å². The van der Waals surface area contributed by atoms with E-state index in [1.54, 1.807) is 33.2 Å². The third-order valence-corrected chi connectivity index (χ3v) is 5.36. The fraction of sp³-hybridized carbons (Fsp3) is 0.304. The highest BCUT2D eigenvalue weighted by molar-refractivity contribution is 6.39. The molecule has 1 unspecified atom stereocenters. The summed E-state index contributed by atoms with van der Waals surface area (Å²) in [6, 6.07) is 11.4. The first-order valence-electron chi connectivity index (χ1n) is 10.2. The Morgan fingerprint density at radius 1 is 1.12 bits per heavy atom. The lowest BCUT2D eigenvalue weighted by atomic mass is 9.95. The smallest absolute Gasteiger partial charge is 0.267 e. The van der Waals surface area contributed by atoms with Crippen LogP contribution < -0.4 is 19.8 Å². The molecule has 9 heteroatoms. The van der Waals surface area contributed by atoms with Gasteiger partial charge in [0.2, 0.25) is 11.8 Å². The lowest BCUT2D eigenvalue weighted by Crippen LogP contribution is -2.33. The average molecular weight is 435 g/mol. The van der Waals surface area contributed by atoms with Gasteiger partial charge >= 0.3 is 0 Å². The fourth-order valence-electron chi connectivity index (χ4n) is 3.71. The van der Waals surface area contributed by atoms with Crippen molar-refractivity contribution < 1.29 is 18.7 Å². The van der Waals surface area contributed by atoms with Crippen molar-refractivity contribution >= 4 is 23.0 Å². The summed E-state index contributed by atoms with van der Waals surface area (Å²) in [5, 5.41) is 17.2. The van der Waals surface area contributed by atoms with Crippen LogP contribution in [0.2, 0.25) is 0 Å². The van der Waals surface area contributed by atoms with Gasteiger partial charge in [-0.05, 0) is 42.3 Å². The number of methoxy groups -OCH3 is 2. The molecule has 1 aliphatic heterocycles. The highest BCUT2D eigenvalue weighted by atomic mass is 16.5. The van der Waals surface area contributed by atoms with Crippen LogP contribution in [0.3, 0.4) is 0 Å². The molecule has 1 aliphatic rings. The molecule has 4 rings (SSSR count). The van der Waals surface area contributed by atoms with Gasteiger partial charge in [0.15, 0.2) is 11.5 Å². The highest BCUT2D eigenvalue weighted by Crippen LogP contribution is 2.41. The van der Waals surface area contributed by atoms with Crippen LogP contribution in [-0.2, 0) is 11.2 Å². The molecule has 2 heterocycles. The number of ether oxygens (including phenoxy) is 2. The lowest BCUT2D eigenvalue weighted by molar-refractivity contribution is -0.114. The predicted octanol–water partition coefficient (Wildman–Crippen LogP) is 3.49. The van der Waals surface area contributed by atoms with Gasteiger partial charge in [0.1, 0.15) is 5.71 Å². The summed E-state index contributed by atoms with van der Waals surface area (Å²) in [6.07, 6.45) is 0.623. The highest BCUT2D eigenvalue weighted by Gasteiger charge is 2.28. The van der Waals surface area contributed by atoms with Gasteiger partial charge in [0, 0.05) is 31.5 Å². The van der Waals surface area contributed by atoms with Gasteiger partial charge in [-0.3, -0.25) is 4.79 Å². The van der Waals surface area contributed by atoms with Gasteiger partial charge in [0.05, 0.1) is 25.6 Å². The summed E-state index contributed by atoms with van der Waals surface area (Å²) in [6.45, 7) is 3.73. The Morgan fingerprint density at radius 3 is 2.41 bits per heavy atom. The molecule has 1 atom stereocenters. The number of nitrogens with zero attached hydrogens (tertiary/aromatic N) is 4. The minimum absolute atomic E-state index is 0.0996. The van der Waals surface area contributed by atoms with Gasteiger partial charge in [-0.25, -0.2) is 5.01 Å². The van der Waals surface area contributed by atoms with Gasteiger partial charge in [-0.15, -0.1) is 10.2 Å². The second kappa shape index (κ2) is 8.70. The summed E-state index contributed by atoms with van der Waals surface area (Å²) >= 11 is 0. The van der Waals surface area contributed by atoms with Crippen LogP contribution in [0.1, 0.15) is 18.4 Å². The molecule has 0 saturated carbocycles. The molecular weight excluding hydrogens is 410 g/mol. The monoisotopic (exact) mass is 435 g/mol. The van der Waals surface area contributed by atoms with E-state index in [1.807, 2.05) is 43.3 Å². The first-order chi connectivity index (χ1) is 15.4. The Labute approximate surface area is 186 Å². The first kappa shape index (κ1) is 21.4. The van der Waals surface area contributed by atoms with Crippen molar-refractivity contribution in [3.8, 4) is 23.0 Å². The molecule has 32 heavy (non-hydrogen) atoms. The molecule has 0 saturated heterocycles. The largest absolute Gasteiger partial charge is 0.493 e. The summed E-state index contributed by atoms with van der Waals surface area (Å²) in [4.78, 5) is 12.6. The maximum Gasteiger partial charge on any atom is 0.267 e. The number of benzene rings is 2. The number of nitrogens with one attached hydrogen (secondary N) is 1. The van der Waals surface area contributed by atoms with E-state index in [1.165, 1.54) is 0 Å². The van der Waals surface area contributed by atoms with Gasteiger partial charge < -0.3 is 19.2 Å². The van der Waals surface area contributed by atoms with Crippen LogP contribution in [0.5, 0.6) is 11.5 Å². The molecule has 166 valence electrons. The summed E-state index contributed by atoms with van der Waals surface area (Å²) in [5.41, 5.74) is 3.82. The minimum atomic E-state index is -0.216. The van der Waals surface area contributed by atoms with Crippen LogP contribution in [0.15, 0.2) is 45.9 Å². The molecule has 0 bridgehead atoms. The number of hydrazone groups is 1. The predicted molar refractivity (Wildman–Crippen MR) is 121 cm³/mol. The standard InChI is InChI=1S/C23H25N5O4/c1-13-10-16-11-19(30-4)20(31-5)12-18(16)28(27-21(13)22(29)24-3)17-8-6-15(7-9-17)23-26-25-14(2)32-23/h6-9,11-13H,10H2,1-5H3,(H,24,29). The Bertz CT molecular complexity index is 1170. The number of carbonyl (C=O) groups excluding carboxylic acids is 1. The SMILES string of the molecule is CNC(=O)C1=NN(c2ccc(-c3nnc(C)o3)cc2)c2cc(OC)c(OC)cc2CC1C. The molecule has 0 spiro atoms. The van der Waals surface area contributed by atoms with E-state index < -0.39 is 0 Å². The Hall–Kier alpha value is -3.88. The number of aromatic nitrogens is 2. The van der Waals surface area contributed by atoms with Crippen LogP contribution in [0.25, 0.3) is 11.5 Å². The molecule has 0 aliphatic carbocycles. The first-order valence-corrected chi connectivity index (χ1v) is 10.2. The van der Waals surface area contributed by atoms with Crippen LogP contribution in [-0.4, -0.2) is 43.1 Å². The maximum absolute atomic E-state index is 12.6. The zero-order valence-electron chi connectivity index (χ0n) is 18.7. The minimum Gasteiger partial charge on any atom is -0.493 e. The molecule has 1 amide bonds. The van der Waals surface area contributed by atoms with E-state index in [-0.39, 0.29) is 11.8 Å². The van der Waals surface area contributed by atoms with Crippen molar-refractivity contribution in [3.63, 3.8) is 0 Å². The molecule has 0 radical (unpaired) electrons. The van der Waals surface area contributed by atoms with Gasteiger partial charge in [-0.1, -0.05) is 6.92 Å². The summed E-state index contributed by atoms with van der Waals surface area (Å²) < 4.78 is 16.5. The van der Waals surface area contributed by atoms with Gasteiger partial charge in [0.25, 0.3) is 5.91 Å². The number of fused-ring (bicyclic) bond motifs is 1. The van der Waals surface area contributed by atoms with Crippen LogP contribution >= 0.6 is 0 Å². The van der Waals surface area contributed by atoms with E-state index in [4.69, 9.17) is 19.0 Å². The average Bonchev–Trinajstić information content (AvgIpc) is 3.19. The Balaban J connectivity index is 1.85. The molecule has 3 aromatic rings. The van der Waals surface area contributed by atoms with E-state index in [0.29, 0.717) is 35.4 Å². The lowest BCUT2D eigenvalue weighted by Gasteiger charge is -2.22. The molecule has 0 fully saturated rings. The van der Waals surface area contributed by atoms with E-state index in [0.717, 1.165) is 22.5 Å². The van der Waals surface area contributed by atoms with Crippen molar-refractivity contribution in [1.82, 2.24) is 15.5 Å². The number of anilines is 2. The normalized spacial score (nSPS) is 15.5. The number of amides is 1. The summed E-state index contributed by atoms with van der Waals surface area (Å²) in [7, 11) is 4.80. The van der Waals surface area contributed by atoms with Crippen molar-refractivity contribution in [3.05, 3.63) is 47.9 Å². The second-order valence-electron chi connectivity index (χ2n) is 7.49. The van der Waals surface area contributed by atoms with Crippen molar-refractivity contribution in [2.45, 2.75) is 20.3 Å². The maximum atomic E-state index is 12.6. The van der Waals surface area contributed by atoms with E-state index in [2.05, 4.69) is 15.5 Å². The van der Waals surface area contributed by atoms with Crippen LogP contribution in [0.4, 0.5) is 11.4 Å². The Kier molecular flexibility index (Phi) is 5.81. The topological polar surface area (TPSA) is 102 Å². The number of hydrogen-bond acceptors (Lipinski definition) is 8. The molecule has 2 aromatic carbocycles. The third-order valence-electron chi connectivity index (χ3n) is 5.36. The zero-order valence-corrected chi connectivity index (χ0v) is 18.7. The Morgan fingerprint density at radius 2 is 1.81 bits per heavy atom. The number of aryl methyl sites for hydroxylation is 1.